The molecule has 3 aromatic rings. The number of nitrogens with zero attached hydrogens (tertiary/aromatic N) is 5. The molecule has 3 aromatic heterocycles. The molecule has 0 N–H and O–H groups in total. The number of thiophene rings is 1. The smallest absolute Gasteiger partial charge is 0.225 e. The van der Waals surface area contributed by atoms with Crippen molar-refractivity contribution in [3.8, 4) is 11.3 Å². The molecule has 0 saturated carbocycles. The second-order valence-electron chi connectivity index (χ2n) is 4.98. The second kappa shape index (κ2) is 5.65. The van der Waals surface area contributed by atoms with Crippen molar-refractivity contribution in [2.24, 2.45) is 7.05 Å². The van der Waals surface area contributed by atoms with Gasteiger partial charge in [0, 0.05) is 36.9 Å². The van der Waals surface area contributed by atoms with Crippen LogP contribution in [0.3, 0.4) is 0 Å². The summed E-state index contributed by atoms with van der Waals surface area (Å²) < 4.78 is 1.81. The number of hydrogen-bond acceptors (Lipinski definition) is 5. The van der Waals surface area contributed by atoms with Gasteiger partial charge < -0.3 is 4.90 Å². The van der Waals surface area contributed by atoms with E-state index in [2.05, 4.69) is 37.5 Å². The van der Waals surface area contributed by atoms with Crippen LogP contribution in [0, 0.1) is 6.92 Å². The summed E-state index contributed by atoms with van der Waals surface area (Å²) in [5.41, 5.74) is 2.93. The first-order chi connectivity index (χ1) is 10.1. The molecule has 3 heterocycles. The molecule has 0 radical (unpaired) electrons. The maximum absolute atomic E-state index is 4.66. The summed E-state index contributed by atoms with van der Waals surface area (Å²) in [5, 5.41) is 6.45. The fraction of sp³-hybridized carbons (Fsp3) is 0.267. The van der Waals surface area contributed by atoms with Gasteiger partial charge in [-0.05, 0) is 24.4 Å². The Kier molecular flexibility index (Phi) is 3.70. The van der Waals surface area contributed by atoms with Crippen LogP contribution in [-0.4, -0.2) is 26.8 Å². The lowest BCUT2D eigenvalue weighted by Crippen LogP contribution is -2.18. The molecular formula is C15H17N5S. The van der Waals surface area contributed by atoms with Gasteiger partial charge in [0.1, 0.15) is 0 Å². The van der Waals surface area contributed by atoms with Crippen LogP contribution in [0.5, 0.6) is 0 Å². The van der Waals surface area contributed by atoms with Gasteiger partial charge >= 0.3 is 0 Å². The van der Waals surface area contributed by atoms with E-state index in [-0.39, 0.29) is 0 Å². The maximum atomic E-state index is 4.66. The molecule has 0 aromatic carbocycles. The third kappa shape index (κ3) is 2.95. The predicted molar refractivity (Wildman–Crippen MR) is 85.4 cm³/mol. The average molecular weight is 299 g/mol. The summed E-state index contributed by atoms with van der Waals surface area (Å²) >= 11 is 1.74. The molecule has 6 heteroatoms. The van der Waals surface area contributed by atoms with Crippen molar-refractivity contribution in [3.63, 3.8) is 0 Å². The minimum absolute atomic E-state index is 0.726. The molecule has 0 atom stereocenters. The van der Waals surface area contributed by atoms with Crippen molar-refractivity contribution < 1.29 is 0 Å². The lowest BCUT2D eigenvalue weighted by Gasteiger charge is -2.16. The quantitative estimate of drug-likeness (QED) is 0.743. The highest BCUT2D eigenvalue weighted by Crippen LogP contribution is 2.22. The minimum Gasteiger partial charge on any atom is -0.339 e. The van der Waals surface area contributed by atoms with Gasteiger partial charge in [-0.3, -0.25) is 4.68 Å². The van der Waals surface area contributed by atoms with Gasteiger partial charge in [0.05, 0.1) is 17.9 Å². The SMILES string of the molecule is Cc1nn(C)cc1-c1ccnc(N(C)Cc2cccs2)n1. The average Bonchev–Trinajstić information content (AvgIpc) is 3.08. The molecule has 0 saturated heterocycles. The summed E-state index contributed by atoms with van der Waals surface area (Å²) in [6.07, 6.45) is 3.79. The minimum atomic E-state index is 0.726. The largest absolute Gasteiger partial charge is 0.339 e. The highest BCUT2D eigenvalue weighted by atomic mass is 32.1. The van der Waals surface area contributed by atoms with Gasteiger partial charge in [-0.2, -0.15) is 5.10 Å². The maximum Gasteiger partial charge on any atom is 0.225 e. The van der Waals surface area contributed by atoms with E-state index in [4.69, 9.17) is 0 Å². The van der Waals surface area contributed by atoms with Crippen LogP contribution >= 0.6 is 11.3 Å². The standard InChI is InChI=1S/C15H17N5S/c1-11-13(10-20(3)18-11)14-6-7-16-15(17-14)19(2)9-12-5-4-8-21-12/h4-8,10H,9H2,1-3H3. The lowest BCUT2D eigenvalue weighted by atomic mass is 10.2. The molecule has 0 aliphatic carbocycles. The number of anilines is 1. The topological polar surface area (TPSA) is 46.8 Å². The van der Waals surface area contributed by atoms with Crippen LogP contribution in [0.4, 0.5) is 5.95 Å². The molecule has 0 fully saturated rings. The van der Waals surface area contributed by atoms with Crippen LogP contribution in [0.15, 0.2) is 36.0 Å². The number of rotatable bonds is 4. The van der Waals surface area contributed by atoms with Gasteiger partial charge in [0.15, 0.2) is 0 Å². The zero-order valence-corrected chi connectivity index (χ0v) is 13.1. The summed E-state index contributed by atoms with van der Waals surface area (Å²) in [6.45, 7) is 2.81. The lowest BCUT2D eigenvalue weighted by molar-refractivity contribution is 0.756. The Hall–Kier alpha value is -2.21. The Morgan fingerprint density at radius 3 is 2.86 bits per heavy atom. The molecule has 0 aliphatic rings. The van der Waals surface area contributed by atoms with E-state index >= 15 is 0 Å². The molecule has 21 heavy (non-hydrogen) atoms. The fourth-order valence-electron chi connectivity index (χ4n) is 2.24. The Bertz CT molecular complexity index is 732. The zero-order valence-electron chi connectivity index (χ0n) is 12.3. The summed E-state index contributed by atoms with van der Waals surface area (Å²) in [6, 6.07) is 6.10. The van der Waals surface area contributed by atoms with Gasteiger partial charge in [0.2, 0.25) is 5.95 Å². The normalized spacial score (nSPS) is 10.8. The number of aryl methyl sites for hydroxylation is 2. The van der Waals surface area contributed by atoms with Gasteiger partial charge in [0.25, 0.3) is 0 Å². The highest BCUT2D eigenvalue weighted by Gasteiger charge is 2.11. The Morgan fingerprint density at radius 1 is 1.33 bits per heavy atom. The van der Waals surface area contributed by atoms with E-state index in [0.717, 1.165) is 29.4 Å². The summed E-state index contributed by atoms with van der Waals surface area (Å²) in [4.78, 5) is 12.4. The summed E-state index contributed by atoms with van der Waals surface area (Å²) in [7, 11) is 3.93. The van der Waals surface area contributed by atoms with Gasteiger partial charge in [-0.25, -0.2) is 9.97 Å². The van der Waals surface area contributed by atoms with E-state index in [9.17, 15) is 0 Å². The zero-order chi connectivity index (χ0) is 14.8. The van der Waals surface area contributed by atoms with E-state index in [0.29, 0.717) is 0 Å². The van der Waals surface area contributed by atoms with Crippen LogP contribution in [-0.2, 0) is 13.6 Å². The highest BCUT2D eigenvalue weighted by molar-refractivity contribution is 7.09. The molecule has 0 spiro atoms. The Labute approximate surface area is 127 Å². The number of hydrogen-bond donors (Lipinski definition) is 0. The van der Waals surface area contributed by atoms with Crippen LogP contribution in [0.25, 0.3) is 11.3 Å². The van der Waals surface area contributed by atoms with Crippen molar-refractivity contribution in [2.75, 3.05) is 11.9 Å². The van der Waals surface area contributed by atoms with E-state index in [1.165, 1.54) is 4.88 Å². The first kappa shape index (κ1) is 13.8. The van der Waals surface area contributed by atoms with Crippen LogP contribution < -0.4 is 4.90 Å². The van der Waals surface area contributed by atoms with E-state index in [1.54, 1.807) is 17.5 Å². The Morgan fingerprint density at radius 2 is 2.19 bits per heavy atom. The van der Waals surface area contributed by atoms with Crippen molar-refractivity contribution in [1.82, 2.24) is 19.7 Å². The molecule has 0 bridgehead atoms. The predicted octanol–water partition coefficient (Wildman–Crippen LogP) is 2.88. The van der Waals surface area contributed by atoms with Crippen LogP contribution in [0.1, 0.15) is 10.6 Å². The van der Waals surface area contributed by atoms with Gasteiger partial charge in [-0.1, -0.05) is 6.07 Å². The molecule has 5 nitrogen and oxygen atoms in total. The monoisotopic (exact) mass is 299 g/mol. The molecule has 0 amide bonds. The third-order valence-corrected chi connectivity index (χ3v) is 4.11. The first-order valence-electron chi connectivity index (χ1n) is 6.70. The molecular weight excluding hydrogens is 282 g/mol. The van der Waals surface area contributed by atoms with Crippen molar-refractivity contribution in [1.29, 1.82) is 0 Å². The molecule has 0 aliphatic heterocycles. The van der Waals surface area contributed by atoms with E-state index in [1.807, 2.05) is 38.0 Å². The van der Waals surface area contributed by atoms with Crippen molar-refractivity contribution in [3.05, 3.63) is 46.5 Å². The van der Waals surface area contributed by atoms with Crippen LogP contribution in [0.2, 0.25) is 0 Å². The van der Waals surface area contributed by atoms with Crippen molar-refractivity contribution >= 4 is 17.3 Å². The van der Waals surface area contributed by atoms with Gasteiger partial charge in [-0.15, -0.1) is 11.3 Å². The van der Waals surface area contributed by atoms with E-state index < -0.39 is 0 Å². The molecule has 0 unspecified atom stereocenters. The fourth-order valence-corrected chi connectivity index (χ4v) is 3.00. The third-order valence-electron chi connectivity index (χ3n) is 3.25. The first-order valence-corrected chi connectivity index (χ1v) is 7.58. The van der Waals surface area contributed by atoms with Crippen molar-refractivity contribution in [2.45, 2.75) is 13.5 Å². The molecule has 108 valence electrons. The molecule has 3 rings (SSSR count). The Balaban J connectivity index is 1.87. The number of aromatic nitrogens is 4. The summed E-state index contributed by atoms with van der Waals surface area (Å²) in [5.74, 6) is 0.726. The second-order valence-corrected chi connectivity index (χ2v) is 6.01.